The fraction of sp³-hybridized carbons (Fsp3) is 0.615. The van der Waals surface area contributed by atoms with Gasteiger partial charge in [0.15, 0.2) is 0 Å². The molecule has 0 saturated carbocycles. The molecular formula is C13H19N5O. The van der Waals surface area contributed by atoms with Gasteiger partial charge >= 0.3 is 0 Å². The molecule has 0 spiro atoms. The number of aryl methyl sites for hydroxylation is 1. The van der Waals surface area contributed by atoms with Crippen LogP contribution in [0.2, 0.25) is 0 Å². The lowest BCUT2D eigenvalue weighted by Gasteiger charge is -2.12. The van der Waals surface area contributed by atoms with E-state index in [1.165, 1.54) is 0 Å². The molecule has 1 aliphatic heterocycles. The maximum Gasteiger partial charge on any atom is 0.131 e. The van der Waals surface area contributed by atoms with Gasteiger partial charge in [-0.3, -0.25) is 0 Å². The largest absolute Gasteiger partial charge is 0.376 e. The zero-order valence-corrected chi connectivity index (χ0v) is 11.1. The zero-order valence-electron chi connectivity index (χ0n) is 11.1. The number of nitriles is 1. The van der Waals surface area contributed by atoms with Gasteiger partial charge in [0.1, 0.15) is 17.5 Å². The fourth-order valence-electron chi connectivity index (χ4n) is 2.02. The first-order valence-corrected chi connectivity index (χ1v) is 6.60. The van der Waals surface area contributed by atoms with E-state index in [1.54, 1.807) is 0 Å². The quantitative estimate of drug-likeness (QED) is 0.758. The Kier molecular flexibility index (Phi) is 4.93. The summed E-state index contributed by atoms with van der Waals surface area (Å²) in [5.41, 5.74) is 0. The van der Waals surface area contributed by atoms with Gasteiger partial charge in [0.2, 0.25) is 0 Å². The molecule has 1 aromatic rings. The predicted octanol–water partition coefficient (Wildman–Crippen LogP) is 1.70. The van der Waals surface area contributed by atoms with Crippen LogP contribution in [0.1, 0.15) is 25.1 Å². The maximum absolute atomic E-state index is 8.51. The van der Waals surface area contributed by atoms with E-state index in [4.69, 9.17) is 10.00 Å². The van der Waals surface area contributed by atoms with Crippen molar-refractivity contribution in [1.82, 2.24) is 9.97 Å². The Morgan fingerprint density at radius 2 is 2.21 bits per heavy atom. The lowest BCUT2D eigenvalue weighted by atomic mass is 10.2. The molecular weight excluding hydrogens is 242 g/mol. The monoisotopic (exact) mass is 261 g/mol. The van der Waals surface area contributed by atoms with Gasteiger partial charge in [0, 0.05) is 25.8 Å². The molecule has 0 aliphatic carbocycles. The number of rotatable bonds is 6. The summed E-state index contributed by atoms with van der Waals surface area (Å²) in [5, 5.41) is 14.9. The number of ether oxygens (including phenoxy) is 1. The van der Waals surface area contributed by atoms with E-state index in [0.717, 1.165) is 37.6 Å². The summed E-state index contributed by atoms with van der Waals surface area (Å²) in [6, 6.07) is 3.95. The Hall–Kier alpha value is -1.87. The van der Waals surface area contributed by atoms with Crippen molar-refractivity contribution < 1.29 is 4.74 Å². The molecule has 2 heterocycles. The highest BCUT2D eigenvalue weighted by Crippen LogP contribution is 2.15. The lowest BCUT2D eigenvalue weighted by Crippen LogP contribution is -2.19. The van der Waals surface area contributed by atoms with Crippen molar-refractivity contribution in [2.24, 2.45) is 0 Å². The van der Waals surface area contributed by atoms with Crippen LogP contribution >= 0.6 is 0 Å². The van der Waals surface area contributed by atoms with Gasteiger partial charge in [-0.05, 0) is 19.8 Å². The molecule has 1 unspecified atom stereocenters. The molecule has 1 aromatic heterocycles. The molecule has 1 saturated heterocycles. The van der Waals surface area contributed by atoms with Crippen LogP contribution in [0.3, 0.4) is 0 Å². The first-order valence-electron chi connectivity index (χ1n) is 6.60. The Balaban J connectivity index is 1.90. The SMILES string of the molecule is Cc1nc(NCCC#N)cc(NCC2CCCO2)n1. The Morgan fingerprint density at radius 1 is 1.42 bits per heavy atom. The molecule has 1 aliphatic rings. The second kappa shape index (κ2) is 6.90. The van der Waals surface area contributed by atoms with Crippen LogP contribution in [0.4, 0.5) is 11.6 Å². The van der Waals surface area contributed by atoms with Gasteiger partial charge in [0.05, 0.1) is 18.6 Å². The van der Waals surface area contributed by atoms with Crippen molar-refractivity contribution in [2.75, 3.05) is 30.3 Å². The molecule has 6 nitrogen and oxygen atoms in total. The van der Waals surface area contributed by atoms with E-state index in [2.05, 4.69) is 26.7 Å². The summed E-state index contributed by atoms with van der Waals surface area (Å²) in [6.07, 6.45) is 2.98. The second-order valence-corrected chi connectivity index (χ2v) is 4.54. The minimum atomic E-state index is 0.283. The molecule has 0 amide bonds. The average molecular weight is 261 g/mol. The van der Waals surface area contributed by atoms with Gasteiger partial charge < -0.3 is 15.4 Å². The number of aromatic nitrogens is 2. The fourth-order valence-corrected chi connectivity index (χ4v) is 2.02. The van der Waals surface area contributed by atoms with Crippen molar-refractivity contribution >= 4 is 11.6 Å². The number of nitrogens with zero attached hydrogens (tertiary/aromatic N) is 3. The van der Waals surface area contributed by atoms with Crippen LogP contribution in [0.15, 0.2) is 6.07 Å². The molecule has 0 bridgehead atoms. The van der Waals surface area contributed by atoms with Crippen LogP contribution < -0.4 is 10.6 Å². The average Bonchev–Trinajstić information content (AvgIpc) is 2.89. The predicted molar refractivity (Wildman–Crippen MR) is 73.0 cm³/mol. The van der Waals surface area contributed by atoms with Crippen LogP contribution in [0.5, 0.6) is 0 Å². The van der Waals surface area contributed by atoms with E-state index < -0.39 is 0 Å². The Labute approximate surface area is 113 Å². The summed E-state index contributed by atoms with van der Waals surface area (Å²) >= 11 is 0. The van der Waals surface area contributed by atoms with E-state index >= 15 is 0 Å². The number of anilines is 2. The van der Waals surface area contributed by atoms with Crippen LogP contribution in [0.25, 0.3) is 0 Å². The standard InChI is InChI=1S/C13H19N5O/c1-10-17-12(15-6-3-5-14)8-13(18-10)16-9-11-4-2-7-19-11/h8,11H,2-4,6-7,9H2,1H3,(H2,15,16,17,18). The molecule has 19 heavy (non-hydrogen) atoms. The third kappa shape index (κ3) is 4.38. The van der Waals surface area contributed by atoms with Gasteiger partial charge in [0.25, 0.3) is 0 Å². The normalized spacial score (nSPS) is 18.0. The molecule has 2 N–H and O–H groups in total. The van der Waals surface area contributed by atoms with E-state index in [-0.39, 0.29) is 6.10 Å². The van der Waals surface area contributed by atoms with Gasteiger partial charge in [-0.1, -0.05) is 0 Å². The van der Waals surface area contributed by atoms with Gasteiger partial charge in [-0.15, -0.1) is 0 Å². The summed E-state index contributed by atoms with van der Waals surface area (Å²) in [4.78, 5) is 8.62. The molecule has 2 rings (SSSR count). The highest BCUT2D eigenvalue weighted by molar-refractivity contribution is 5.47. The molecule has 102 valence electrons. The number of hydrogen-bond donors (Lipinski definition) is 2. The van der Waals surface area contributed by atoms with Crippen LogP contribution in [-0.4, -0.2) is 35.8 Å². The van der Waals surface area contributed by atoms with Gasteiger partial charge in [-0.25, -0.2) is 9.97 Å². The molecule has 0 aromatic carbocycles. The highest BCUT2D eigenvalue weighted by atomic mass is 16.5. The summed E-state index contributed by atoms with van der Waals surface area (Å²) < 4.78 is 5.56. The Morgan fingerprint density at radius 3 is 2.89 bits per heavy atom. The number of hydrogen-bond acceptors (Lipinski definition) is 6. The first-order chi connectivity index (χ1) is 9.28. The van der Waals surface area contributed by atoms with E-state index in [1.807, 2.05) is 13.0 Å². The minimum absolute atomic E-state index is 0.283. The van der Waals surface area contributed by atoms with E-state index in [9.17, 15) is 0 Å². The topological polar surface area (TPSA) is 82.9 Å². The summed E-state index contributed by atoms with van der Waals surface area (Å²) in [6.45, 7) is 4.08. The highest BCUT2D eigenvalue weighted by Gasteiger charge is 2.15. The van der Waals surface area contributed by atoms with Crippen LogP contribution in [0, 0.1) is 18.3 Å². The molecule has 0 radical (unpaired) electrons. The van der Waals surface area contributed by atoms with E-state index in [0.29, 0.717) is 18.8 Å². The third-order valence-corrected chi connectivity index (χ3v) is 2.92. The van der Waals surface area contributed by atoms with Gasteiger partial charge in [-0.2, -0.15) is 5.26 Å². The van der Waals surface area contributed by atoms with Crippen molar-refractivity contribution in [3.05, 3.63) is 11.9 Å². The van der Waals surface area contributed by atoms with Crippen molar-refractivity contribution in [3.8, 4) is 6.07 Å². The van der Waals surface area contributed by atoms with Crippen molar-refractivity contribution in [3.63, 3.8) is 0 Å². The van der Waals surface area contributed by atoms with Crippen LogP contribution in [-0.2, 0) is 4.74 Å². The summed E-state index contributed by atoms with van der Waals surface area (Å²) in [7, 11) is 0. The maximum atomic E-state index is 8.51. The Bertz CT molecular complexity index is 451. The van der Waals surface area contributed by atoms with Crippen molar-refractivity contribution in [2.45, 2.75) is 32.3 Å². The first kappa shape index (κ1) is 13.6. The number of nitrogens with one attached hydrogen (secondary N) is 2. The molecule has 1 fully saturated rings. The minimum Gasteiger partial charge on any atom is -0.376 e. The molecule has 1 atom stereocenters. The molecule has 6 heteroatoms. The lowest BCUT2D eigenvalue weighted by molar-refractivity contribution is 0.120. The zero-order chi connectivity index (χ0) is 13.5. The summed E-state index contributed by atoms with van der Waals surface area (Å²) in [5.74, 6) is 2.25. The smallest absolute Gasteiger partial charge is 0.131 e. The second-order valence-electron chi connectivity index (χ2n) is 4.54. The third-order valence-electron chi connectivity index (χ3n) is 2.92. The van der Waals surface area contributed by atoms with Crippen molar-refractivity contribution in [1.29, 1.82) is 5.26 Å².